The lowest BCUT2D eigenvalue weighted by Crippen LogP contribution is -2.12. The number of carbonyl (C=O) groups excluding carboxylic acids is 1. The summed E-state index contributed by atoms with van der Waals surface area (Å²) >= 11 is 6.04. The summed E-state index contributed by atoms with van der Waals surface area (Å²) in [5.74, 6) is -1.37. The van der Waals surface area contributed by atoms with Gasteiger partial charge < -0.3 is 10.4 Å². The summed E-state index contributed by atoms with van der Waals surface area (Å²) in [6.07, 6.45) is 0. The summed E-state index contributed by atoms with van der Waals surface area (Å²) in [6, 6.07) is 11.0. The molecule has 2 N–H and O–H groups in total. The van der Waals surface area contributed by atoms with Crippen molar-refractivity contribution in [3.63, 3.8) is 0 Å². The molecule has 20 heavy (non-hydrogen) atoms. The molecule has 0 fully saturated rings. The number of halogens is 1. The summed E-state index contributed by atoms with van der Waals surface area (Å²) in [5, 5.41) is 11.9. The smallest absolute Gasteiger partial charge is 0.335 e. The van der Waals surface area contributed by atoms with Crippen molar-refractivity contribution < 1.29 is 14.7 Å². The Morgan fingerprint density at radius 2 is 1.65 bits per heavy atom. The van der Waals surface area contributed by atoms with Crippen molar-refractivity contribution in [2.24, 2.45) is 0 Å². The van der Waals surface area contributed by atoms with Crippen LogP contribution in [0.25, 0.3) is 0 Å². The standard InChI is InChI=1S/C15H12ClNO3/c1-9-2-7-13(12(16)8-9)17-14(18)10-3-5-11(6-4-10)15(19)20/h2-8H,1H3,(H,17,18)(H,19,20). The van der Waals surface area contributed by atoms with Gasteiger partial charge in [-0.15, -0.1) is 0 Å². The highest BCUT2D eigenvalue weighted by atomic mass is 35.5. The second kappa shape index (κ2) is 5.75. The van der Waals surface area contributed by atoms with Crippen molar-refractivity contribution in [2.45, 2.75) is 6.92 Å². The van der Waals surface area contributed by atoms with E-state index in [0.29, 0.717) is 16.3 Å². The Bertz CT molecular complexity index is 665. The first-order chi connectivity index (χ1) is 9.47. The van der Waals surface area contributed by atoms with Crippen molar-refractivity contribution in [1.29, 1.82) is 0 Å². The van der Waals surface area contributed by atoms with Crippen LogP contribution in [0.3, 0.4) is 0 Å². The summed E-state index contributed by atoms with van der Waals surface area (Å²) < 4.78 is 0. The minimum Gasteiger partial charge on any atom is -0.478 e. The molecule has 2 aromatic rings. The summed E-state index contributed by atoms with van der Waals surface area (Å²) in [7, 11) is 0. The van der Waals surface area contributed by atoms with Crippen molar-refractivity contribution in [3.05, 3.63) is 64.2 Å². The summed E-state index contributed by atoms with van der Waals surface area (Å²) in [4.78, 5) is 22.7. The minimum atomic E-state index is -1.03. The molecule has 0 aliphatic carbocycles. The third kappa shape index (κ3) is 3.16. The van der Waals surface area contributed by atoms with E-state index in [1.807, 2.05) is 13.0 Å². The fourth-order valence-corrected chi connectivity index (χ4v) is 1.96. The SMILES string of the molecule is Cc1ccc(NC(=O)c2ccc(C(=O)O)cc2)c(Cl)c1. The lowest BCUT2D eigenvalue weighted by atomic mass is 10.1. The molecular formula is C15H12ClNO3. The van der Waals surface area contributed by atoms with E-state index in [-0.39, 0.29) is 11.5 Å². The van der Waals surface area contributed by atoms with Crippen LogP contribution in [0.5, 0.6) is 0 Å². The molecule has 0 radical (unpaired) electrons. The van der Waals surface area contributed by atoms with E-state index in [1.165, 1.54) is 24.3 Å². The third-order valence-electron chi connectivity index (χ3n) is 2.77. The van der Waals surface area contributed by atoms with E-state index in [9.17, 15) is 9.59 Å². The quantitative estimate of drug-likeness (QED) is 0.907. The molecule has 0 aliphatic rings. The topological polar surface area (TPSA) is 66.4 Å². The van der Waals surface area contributed by atoms with Gasteiger partial charge in [0.15, 0.2) is 0 Å². The predicted molar refractivity (Wildman–Crippen MR) is 77.5 cm³/mol. The fraction of sp³-hybridized carbons (Fsp3) is 0.0667. The normalized spacial score (nSPS) is 10.1. The van der Waals surface area contributed by atoms with Gasteiger partial charge in [0.2, 0.25) is 0 Å². The largest absolute Gasteiger partial charge is 0.478 e. The number of carboxylic acids is 1. The zero-order chi connectivity index (χ0) is 14.7. The molecule has 0 saturated heterocycles. The molecule has 0 heterocycles. The van der Waals surface area contributed by atoms with Crippen LogP contribution in [0.15, 0.2) is 42.5 Å². The maximum absolute atomic E-state index is 12.0. The van der Waals surface area contributed by atoms with Gasteiger partial charge in [-0.2, -0.15) is 0 Å². The average Bonchev–Trinajstić information content (AvgIpc) is 2.42. The van der Waals surface area contributed by atoms with E-state index in [2.05, 4.69) is 5.32 Å². The van der Waals surface area contributed by atoms with Crippen LogP contribution < -0.4 is 5.32 Å². The number of aromatic carboxylic acids is 1. The minimum absolute atomic E-state index is 0.134. The number of hydrogen-bond acceptors (Lipinski definition) is 2. The van der Waals surface area contributed by atoms with E-state index < -0.39 is 5.97 Å². The molecule has 0 saturated carbocycles. The number of amides is 1. The van der Waals surface area contributed by atoms with Crippen LogP contribution in [0.1, 0.15) is 26.3 Å². The second-order valence-electron chi connectivity index (χ2n) is 4.32. The lowest BCUT2D eigenvalue weighted by Gasteiger charge is -2.08. The van der Waals surface area contributed by atoms with Crippen molar-refractivity contribution >= 4 is 29.2 Å². The van der Waals surface area contributed by atoms with Crippen LogP contribution in [0.2, 0.25) is 5.02 Å². The number of nitrogens with one attached hydrogen (secondary N) is 1. The van der Waals surface area contributed by atoms with Gasteiger partial charge in [-0.3, -0.25) is 4.79 Å². The van der Waals surface area contributed by atoms with Crippen molar-refractivity contribution in [1.82, 2.24) is 0 Å². The first-order valence-electron chi connectivity index (χ1n) is 5.88. The molecule has 102 valence electrons. The highest BCUT2D eigenvalue weighted by Gasteiger charge is 2.10. The number of carboxylic acid groups (broad SMARTS) is 1. The van der Waals surface area contributed by atoms with Gasteiger partial charge in [0.1, 0.15) is 0 Å². The molecule has 2 rings (SSSR count). The Morgan fingerprint density at radius 1 is 1.05 bits per heavy atom. The molecule has 0 aliphatic heterocycles. The van der Waals surface area contributed by atoms with Crippen LogP contribution in [-0.4, -0.2) is 17.0 Å². The Balaban J connectivity index is 2.17. The predicted octanol–water partition coefficient (Wildman–Crippen LogP) is 3.60. The van der Waals surface area contributed by atoms with Gasteiger partial charge in [0, 0.05) is 5.56 Å². The molecule has 0 spiro atoms. The highest BCUT2D eigenvalue weighted by Crippen LogP contribution is 2.23. The molecule has 0 aromatic heterocycles. The van der Waals surface area contributed by atoms with Crippen LogP contribution in [0.4, 0.5) is 5.69 Å². The number of hydrogen-bond donors (Lipinski definition) is 2. The van der Waals surface area contributed by atoms with Crippen LogP contribution >= 0.6 is 11.6 Å². The number of aryl methyl sites for hydroxylation is 1. The van der Waals surface area contributed by atoms with E-state index in [4.69, 9.17) is 16.7 Å². The van der Waals surface area contributed by atoms with Gasteiger partial charge in [-0.05, 0) is 48.9 Å². The zero-order valence-corrected chi connectivity index (χ0v) is 11.4. The molecular weight excluding hydrogens is 278 g/mol. The Kier molecular flexibility index (Phi) is 4.05. The molecule has 0 unspecified atom stereocenters. The van der Waals surface area contributed by atoms with E-state index in [0.717, 1.165) is 5.56 Å². The molecule has 2 aromatic carbocycles. The van der Waals surface area contributed by atoms with Crippen molar-refractivity contribution in [2.75, 3.05) is 5.32 Å². The van der Waals surface area contributed by atoms with Crippen LogP contribution in [0, 0.1) is 6.92 Å². The zero-order valence-electron chi connectivity index (χ0n) is 10.7. The second-order valence-corrected chi connectivity index (χ2v) is 4.73. The molecule has 5 heteroatoms. The van der Waals surface area contributed by atoms with Gasteiger partial charge in [0.25, 0.3) is 5.91 Å². The van der Waals surface area contributed by atoms with E-state index in [1.54, 1.807) is 12.1 Å². The number of carbonyl (C=O) groups is 2. The number of anilines is 1. The van der Waals surface area contributed by atoms with Crippen molar-refractivity contribution in [3.8, 4) is 0 Å². The number of benzene rings is 2. The Morgan fingerprint density at radius 3 is 2.20 bits per heavy atom. The molecule has 1 amide bonds. The average molecular weight is 290 g/mol. The Labute approximate surface area is 121 Å². The van der Waals surface area contributed by atoms with Crippen LogP contribution in [-0.2, 0) is 0 Å². The third-order valence-corrected chi connectivity index (χ3v) is 3.08. The molecule has 0 atom stereocenters. The van der Waals surface area contributed by atoms with Gasteiger partial charge >= 0.3 is 5.97 Å². The monoisotopic (exact) mass is 289 g/mol. The molecule has 4 nitrogen and oxygen atoms in total. The summed E-state index contributed by atoms with van der Waals surface area (Å²) in [6.45, 7) is 1.90. The van der Waals surface area contributed by atoms with E-state index >= 15 is 0 Å². The molecule has 0 bridgehead atoms. The Hall–Kier alpha value is -2.33. The maximum atomic E-state index is 12.0. The fourth-order valence-electron chi connectivity index (χ4n) is 1.68. The van der Waals surface area contributed by atoms with Gasteiger partial charge in [-0.25, -0.2) is 4.79 Å². The maximum Gasteiger partial charge on any atom is 0.335 e. The summed E-state index contributed by atoms with van der Waals surface area (Å²) in [5.41, 5.74) is 2.02. The van der Waals surface area contributed by atoms with Gasteiger partial charge in [0.05, 0.1) is 16.3 Å². The first kappa shape index (κ1) is 14.1. The first-order valence-corrected chi connectivity index (χ1v) is 6.26. The highest BCUT2D eigenvalue weighted by molar-refractivity contribution is 6.34. The number of rotatable bonds is 3. The lowest BCUT2D eigenvalue weighted by molar-refractivity contribution is 0.0696. The van der Waals surface area contributed by atoms with Gasteiger partial charge in [-0.1, -0.05) is 17.7 Å².